The molecule has 0 spiro atoms. The fourth-order valence-corrected chi connectivity index (χ4v) is 2.59. The first kappa shape index (κ1) is 15.3. The molecule has 124 valence electrons. The van der Waals surface area contributed by atoms with Gasteiger partial charge in [-0.1, -0.05) is 6.07 Å². The highest BCUT2D eigenvalue weighted by molar-refractivity contribution is 5.80. The number of hydrogen-bond acceptors (Lipinski definition) is 4. The fraction of sp³-hybridized carbons (Fsp3) is 0.111. The molecule has 4 aromatic rings. The highest BCUT2D eigenvalue weighted by Gasteiger charge is 2.09. The molecule has 0 aliphatic carbocycles. The van der Waals surface area contributed by atoms with Crippen LogP contribution in [-0.2, 0) is 6.54 Å². The minimum Gasteiger partial charge on any atom is -0.259 e. The highest BCUT2D eigenvalue weighted by Crippen LogP contribution is 2.24. The van der Waals surface area contributed by atoms with E-state index in [-0.39, 0.29) is 0 Å². The van der Waals surface area contributed by atoms with Crippen LogP contribution in [0.5, 0.6) is 0 Å². The first-order chi connectivity index (χ1) is 12.1. The Hall–Kier alpha value is -3.22. The van der Waals surface area contributed by atoms with E-state index in [0.29, 0.717) is 23.5 Å². The van der Waals surface area contributed by atoms with E-state index in [9.17, 15) is 8.78 Å². The van der Waals surface area contributed by atoms with Crippen molar-refractivity contribution >= 4 is 11.0 Å². The van der Waals surface area contributed by atoms with E-state index in [2.05, 4.69) is 20.1 Å². The number of aromatic nitrogens is 5. The number of fused-ring (bicyclic) bond motifs is 1. The van der Waals surface area contributed by atoms with Crippen LogP contribution in [-0.4, -0.2) is 24.7 Å². The van der Waals surface area contributed by atoms with Crippen LogP contribution in [0.15, 0.2) is 49.1 Å². The molecule has 0 aliphatic heterocycles. The Morgan fingerprint density at radius 2 is 1.68 bits per heavy atom. The molecule has 3 heterocycles. The van der Waals surface area contributed by atoms with Crippen LogP contribution < -0.4 is 0 Å². The SMILES string of the molecule is Cc1ncc(Cn2ncc3ncc(-c4ccc(F)c(F)c4)cc32)cn1. The van der Waals surface area contributed by atoms with Gasteiger partial charge < -0.3 is 0 Å². The Morgan fingerprint density at radius 3 is 2.44 bits per heavy atom. The molecule has 0 fully saturated rings. The zero-order valence-corrected chi connectivity index (χ0v) is 13.3. The van der Waals surface area contributed by atoms with Crippen molar-refractivity contribution in [3.8, 4) is 11.1 Å². The molecule has 0 radical (unpaired) electrons. The van der Waals surface area contributed by atoms with Gasteiger partial charge in [0.05, 0.1) is 18.3 Å². The van der Waals surface area contributed by atoms with Crippen molar-refractivity contribution < 1.29 is 8.78 Å². The second-order valence-corrected chi connectivity index (χ2v) is 5.70. The maximum atomic E-state index is 13.5. The lowest BCUT2D eigenvalue weighted by Crippen LogP contribution is -2.03. The van der Waals surface area contributed by atoms with E-state index >= 15 is 0 Å². The fourth-order valence-electron chi connectivity index (χ4n) is 2.59. The molecular formula is C18H13F2N5. The minimum absolute atomic E-state index is 0.493. The van der Waals surface area contributed by atoms with Gasteiger partial charge in [-0.25, -0.2) is 18.7 Å². The van der Waals surface area contributed by atoms with Gasteiger partial charge in [0.25, 0.3) is 0 Å². The summed E-state index contributed by atoms with van der Waals surface area (Å²) in [5.74, 6) is -1.05. The number of aryl methyl sites for hydroxylation is 1. The summed E-state index contributed by atoms with van der Waals surface area (Å²) in [4.78, 5) is 12.7. The quantitative estimate of drug-likeness (QED) is 0.574. The van der Waals surface area contributed by atoms with E-state index in [0.717, 1.165) is 28.7 Å². The molecule has 7 heteroatoms. The molecule has 1 aromatic carbocycles. The molecule has 0 saturated heterocycles. The molecule has 5 nitrogen and oxygen atoms in total. The first-order valence-electron chi connectivity index (χ1n) is 7.65. The number of rotatable bonds is 3. The topological polar surface area (TPSA) is 56.5 Å². The second-order valence-electron chi connectivity index (χ2n) is 5.70. The number of benzene rings is 1. The van der Waals surface area contributed by atoms with Crippen LogP contribution in [0, 0.1) is 18.6 Å². The third kappa shape index (κ3) is 2.96. The molecule has 0 aliphatic rings. The Balaban J connectivity index is 1.74. The third-order valence-corrected chi connectivity index (χ3v) is 3.91. The normalized spacial score (nSPS) is 11.2. The van der Waals surface area contributed by atoms with E-state index in [1.54, 1.807) is 29.5 Å². The zero-order valence-electron chi connectivity index (χ0n) is 13.3. The van der Waals surface area contributed by atoms with Crippen molar-refractivity contribution in [1.82, 2.24) is 24.7 Å². The monoisotopic (exact) mass is 337 g/mol. The summed E-state index contributed by atoms with van der Waals surface area (Å²) in [6, 6.07) is 5.65. The molecule has 4 rings (SSSR count). The van der Waals surface area contributed by atoms with Gasteiger partial charge in [0, 0.05) is 29.7 Å². The maximum Gasteiger partial charge on any atom is 0.159 e. The van der Waals surface area contributed by atoms with Gasteiger partial charge in [-0.05, 0) is 30.7 Å². The maximum absolute atomic E-state index is 13.5. The van der Waals surface area contributed by atoms with Crippen molar-refractivity contribution in [2.75, 3.05) is 0 Å². The summed E-state index contributed by atoms with van der Waals surface area (Å²) >= 11 is 0. The predicted molar refractivity (Wildman–Crippen MR) is 88.8 cm³/mol. The predicted octanol–water partition coefficient (Wildman–Crippen LogP) is 3.52. The summed E-state index contributed by atoms with van der Waals surface area (Å²) in [7, 11) is 0. The van der Waals surface area contributed by atoms with Gasteiger partial charge in [-0.3, -0.25) is 9.67 Å². The van der Waals surface area contributed by atoms with Gasteiger partial charge >= 0.3 is 0 Å². The van der Waals surface area contributed by atoms with E-state index in [4.69, 9.17) is 0 Å². The molecule has 0 amide bonds. The third-order valence-electron chi connectivity index (χ3n) is 3.91. The van der Waals surface area contributed by atoms with Crippen LogP contribution in [0.2, 0.25) is 0 Å². The van der Waals surface area contributed by atoms with Crippen LogP contribution in [0.3, 0.4) is 0 Å². The van der Waals surface area contributed by atoms with Gasteiger partial charge in [0.2, 0.25) is 0 Å². The van der Waals surface area contributed by atoms with Crippen LogP contribution in [0.25, 0.3) is 22.2 Å². The largest absolute Gasteiger partial charge is 0.259 e. The zero-order chi connectivity index (χ0) is 17.4. The highest BCUT2D eigenvalue weighted by atomic mass is 19.2. The molecular weight excluding hydrogens is 324 g/mol. The van der Waals surface area contributed by atoms with Crippen molar-refractivity contribution in [3.05, 3.63) is 72.1 Å². The van der Waals surface area contributed by atoms with E-state index < -0.39 is 11.6 Å². The summed E-state index contributed by atoms with van der Waals surface area (Å²) < 4.78 is 28.4. The van der Waals surface area contributed by atoms with Crippen LogP contribution in [0.1, 0.15) is 11.4 Å². The average Bonchev–Trinajstić information content (AvgIpc) is 3.01. The van der Waals surface area contributed by atoms with Gasteiger partial charge in [-0.2, -0.15) is 5.10 Å². The average molecular weight is 337 g/mol. The molecule has 0 atom stereocenters. The molecule has 25 heavy (non-hydrogen) atoms. The van der Waals surface area contributed by atoms with Gasteiger partial charge in [0.15, 0.2) is 11.6 Å². The van der Waals surface area contributed by atoms with E-state index in [1.807, 2.05) is 13.0 Å². The van der Waals surface area contributed by atoms with Crippen molar-refractivity contribution in [2.24, 2.45) is 0 Å². The van der Waals surface area contributed by atoms with Crippen LogP contribution >= 0.6 is 0 Å². The van der Waals surface area contributed by atoms with Crippen molar-refractivity contribution in [1.29, 1.82) is 0 Å². The summed E-state index contributed by atoms with van der Waals surface area (Å²) in [5.41, 5.74) is 3.67. The molecule has 3 aromatic heterocycles. The summed E-state index contributed by atoms with van der Waals surface area (Å²) in [5, 5.41) is 4.34. The molecule has 0 saturated carbocycles. The lowest BCUT2D eigenvalue weighted by Gasteiger charge is -2.06. The number of nitrogens with zero attached hydrogens (tertiary/aromatic N) is 5. The Morgan fingerprint density at radius 1 is 0.880 bits per heavy atom. The lowest BCUT2D eigenvalue weighted by molar-refractivity contribution is 0.509. The first-order valence-corrected chi connectivity index (χ1v) is 7.65. The molecule has 0 unspecified atom stereocenters. The Kier molecular flexibility index (Phi) is 3.68. The molecule has 0 bridgehead atoms. The number of hydrogen-bond donors (Lipinski definition) is 0. The smallest absolute Gasteiger partial charge is 0.159 e. The van der Waals surface area contributed by atoms with Crippen LogP contribution in [0.4, 0.5) is 8.78 Å². The van der Waals surface area contributed by atoms with Crippen molar-refractivity contribution in [2.45, 2.75) is 13.5 Å². The summed E-state index contributed by atoms with van der Waals surface area (Å²) in [6.07, 6.45) is 6.79. The lowest BCUT2D eigenvalue weighted by atomic mass is 10.1. The number of pyridine rings is 1. The van der Waals surface area contributed by atoms with Crippen molar-refractivity contribution in [3.63, 3.8) is 0 Å². The minimum atomic E-state index is -0.886. The second kappa shape index (κ2) is 6.01. The Bertz CT molecular complexity index is 1060. The van der Waals surface area contributed by atoms with E-state index in [1.165, 1.54) is 6.07 Å². The van der Waals surface area contributed by atoms with Gasteiger partial charge in [-0.15, -0.1) is 0 Å². The van der Waals surface area contributed by atoms with Gasteiger partial charge in [0.1, 0.15) is 11.3 Å². The Labute approximate surface area is 142 Å². The summed E-state index contributed by atoms with van der Waals surface area (Å²) in [6.45, 7) is 2.32. The standard InChI is InChI=1S/C18H13F2N5/c1-11-21-6-12(7-22-11)10-25-18-5-14(8-23-17(18)9-24-25)13-2-3-15(19)16(20)4-13/h2-9H,10H2,1H3. The molecule has 0 N–H and O–H groups in total. The number of halogens is 2.